The second-order valence-corrected chi connectivity index (χ2v) is 3.86. The van der Waals surface area contributed by atoms with Crippen LogP contribution in [0.3, 0.4) is 0 Å². The number of halogens is 1. The topological polar surface area (TPSA) is 40.5 Å². The Hall–Kier alpha value is -2.36. The second-order valence-electron chi connectivity index (χ2n) is 3.86. The van der Waals surface area contributed by atoms with Gasteiger partial charge in [-0.3, -0.25) is 4.79 Å². The Kier molecular flexibility index (Phi) is 3.28. The number of hydrogen-bond acceptors (Lipinski definition) is 2. The van der Waals surface area contributed by atoms with Crippen LogP contribution in [-0.4, -0.2) is 18.1 Å². The van der Waals surface area contributed by atoms with Gasteiger partial charge in [0, 0.05) is 12.7 Å². The Morgan fingerprint density at radius 3 is 2.56 bits per heavy atom. The van der Waals surface area contributed by atoms with Crippen molar-refractivity contribution in [2.45, 2.75) is 0 Å². The van der Waals surface area contributed by atoms with Crippen molar-refractivity contribution in [1.29, 1.82) is 0 Å². The van der Waals surface area contributed by atoms with Crippen LogP contribution in [0.1, 0.15) is 10.4 Å². The van der Waals surface area contributed by atoms with E-state index in [0.29, 0.717) is 5.69 Å². The average Bonchev–Trinajstić information content (AvgIpc) is 2.37. The molecule has 0 spiro atoms. The van der Waals surface area contributed by atoms with Crippen LogP contribution >= 0.6 is 0 Å². The molecule has 0 fully saturated rings. The quantitative estimate of drug-likeness (QED) is 0.883. The summed E-state index contributed by atoms with van der Waals surface area (Å²) in [5.74, 6) is -0.895. The van der Waals surface area contributed by atoms with Gasteiger partial charge >= 0.3 is 0 Å². The minimum Gasteiger partial charge on any atom is -0.507 e. The lowest BCUT2D eigenvalue weighted by molar-refractivity contribution is 0.0990. The van der Waals surface area contributed by atoms with Crippen LogP contribution in [0.15, 0.2) is 48.5 Å². The molecule has 0 atom stereocenters. The molecular formula is C14H12FNO2. The normalized spacial score (nSPS) is 10.1. The zero-order valence-electron chi connectivity index (χ0n) is 9.80. The highest BCUT2D eigenvalue weighted by molar-refractivity contribution is 6.07. The van der Waals surface area contributed by atoms with E-state index >= 15 is 0 Å². The molecule has 0 aliphatic heterocycles. The molecular weight excluding hydrogens is 233 g/mol. The van der Waals surface area contributed by atoms with Crippen molar-refractivity contribution in [2.24, 2.45) is 0 Å². The summed E-state index contributed by atoms with van der Waals surface area (Å²) in [6, 6.07) is 12.0. The minimum absolute atomic E-state index is 0.0919. The maximum Gasteiger partial charge on any atom is 0.261 e. The van der Waals surface area contributed by atoms with Crippen molar-refractivity contribution in [2.75, 3.05) is 11.9 Å². The van der Waals surface area contributed by atoms with Gasteiger partial charge < -0.3 is 10.0 Å². The fraction of sp³-hybridized carbons (Fsp3) is 0.0714. The lowest BCUT2D eigenvalue weighted by Gasteiger charge is -2.17. The first-order valence-corrected chi connectivity index (χ1v) is 5.41. The summed E-state index contributed by atoms with van der Waals surface area (Å²) in [5, 5.41) is 9.61. The first-order valence-electron chi connectivity index (χ1n) is 5.41. The van der Waals surface area contributed by atoms with Crippen LogP contribution in [0.4, 0.5) is 10.1 Å². The number of rotatable bonds is 2. The third kappa shape index (κ3) is 2.32. The minimum atomic E-state index is -0.413. The van der Waals surface area contributed by atoms with Crippen molar-refractivity contribution in [3.8, 4) is 5.75 Å². The highest BCUT2D eigenvalue weighted by atomic mass is 19.1. The summed E-state index contributed by atoms with van der Waals surface area (Å²) < 4.78 is 13.1. The summed E-state index contributed by atoms with van der Waals surface area (Å²) in [4.78, 5) is 13.4. The Morgan fingerprint density at radius 2 is 1.89 bits per heavy atom. The highest BCUT2D eigenvalue weighted by Crippen LogP contribution is 2.21. The summed E-state index contributed by atoms with van der Waals surface area (Å²) >= 11 is 0. The standard InChI is InChI=1S/C14H12FNO2/c1-16(11-6-4-5-10(15)9-11)14(18)12-7-2-3-8-13(12)17/h2-9,17H,1H3. The maximum absolute atomic E-state index is 13.1. The van der Waals surface area contributed by atoms with Crippen LogP contribution in [0.5, 0.6) is 5.75 Å². The number of para-hydroxylation sites is 1. The predicted molar refractivity (Wildman–Crippen MR) is 67.2 cm³/mol. The highest BCUT2D eigenvalue weighted by Gasteiger charge is 2.16. The molecule has 0 aliphatic rings. The lowest BCUT2D eigenvalue weighted by atomic mass is 10.1. The zero-order chi connectivity index (χ0) is 13.1. The van der Waals surface area contributed by atoms with E-state index in [1.807, 2.05) is 0 Å². The number of phenols is 1. The molecule has 18 heavy (non-hydrogen) atoms. The number of nitrogens with zero attached hydrogens (tertiary/aromatic N) is 1. The van der Waals surface area contributed by atoms with Gasteiger partial charge in [-0.25, -0.2) is 4.39 Å². The van der Waals surface area contributed by atoms with Gasteiger partial charge in [0.2, 0.25) is 0 Å². The van der Waals surface area contributed by atoms with E-state index < -0.39 is 11.7 Å². The fourth-order valence-electron chi connectivity index (χ4n) is 1.64. The molecule has 0 saturated heterocycles. The molecule has 1 N–H and O–H groups in total. The van der Waals surface area contributed by atoms with Crippen LogP contribution in [0.2, 0.25) is 0 Å². The lowest BCUT2D eigenvalue weighted by Crippen LogP contribution is -2.26. The van der Waals surface area contributed by atoms with Gasteiger partial charge in [-0.1, -0.05) is 18.2 Å². The molecule has 2 aromatic carbocycles. The number of carbonyl (C=O) groups is 1. The molecule has 2 rings (SSSR count). The Morgan fingerprint density at radius 1 is 1.17 bits per heavy atom. The molecule has 0 unspecified atom stereocenters. The Bertz CT molecular complexity index is 584. The number of hydrogen-bond donors (Lipinski definition) is 1. The van der Waals surface area contributed by atoms with E-state index in [9.17, 15) is 14.3 Å². The Balaban J connectivity index is 2.32. The van der Waals surface area contributed by atoms with Gasteiger partial charge in [0.25, 0.3) is 5.91 Å². The van der Waals surface area contributed by atoms with Gasteiger partial charge in [0.15, 0.2) is 0 Å². The van der Waals surface area contributed by atoms with Crippen LogP contribution in [-0.2, 0) is 0 Å². The van der Waals surface area contributed by atoms with E-state index in [1.54, 1.807) is 18.2 Å². The van der Waals surface area contributed by atoms with Gasteiger partial charge in [0.05, 0.1) is 5.56 Å². The molecule has 0 aliphatic carbocycles. The van der Waals surface area contributed by atoms with E-state index in [4.69, 9.17) is 0 Å². The average molecular weight is 245 g/mol. The third-order valence-electron chi connectivity index (χ3n) is 2.63. The van der Waals surface area contributed by atoms with Crippen molar-refractivity contribution in [3.63, 3.8) is 0 Å². The summed E-state index contributed by atoms with van der Waals surface area (Å²) in [6.45, 7) is 0. The zero-order valence-corrected chi connectivity index (χ0v) is 9.80. The molecule has 0 aromatic heterocycles. The SMILES string of the molecule is CN(C(=O)c1ccccc1O)c1cccc(F)c1. The monoisotopic (exact) mass is 245 g/mol. The number of aromatic hydroxyl groups is 1. The first kappa shape index (κ1) is 12.1. The maximum atomic E-state index is 13.1. The summed E-state index contributed by atoms with van der Waals surface area (Å²) in [7, 11) is 1.53. The smallest absolute Gasteiger partial charge is 0.261 e. The van der Waals surface area contributed by atoms with Crippen molar-refractivity contribution >= 4 is 11.6 Å². The fourth-order valence-corrected chi connectivity index (χ4v) is 1.64. The van der Waals surface area contributed by atoms with Gasteiger partial charge in [-0.15, -0.1) is 0 Å². The van der Waals surface area contributed by atoms with Crippen LogP contribution < -0.4 is 4.90 Å². The van der Waals surface area contributed by atoms with Gasteiger partial charge in [-0.05, 0) is 30.3 Å². The van der Waals surface area contributed by atoms with Crippen molar-refractivity contribution < 1.29 is 14.3 Å². The molecule has 0 saturated carbocycles. The molecule has 3 nitrogen and oxygen atoms in total. The van der Waals surface area contributed by atoms with Crippen LogP contribution in [0.25, 0.3) is 0 Å². The number of benzene rings is 2. The number of amides is 1. The Labute approximate surface area is 104 Å². The second kappa shape index (κ2) is 4.87. The number of anilines is 1. The van der Waals surface area contributed by atoms with E-state index in [-0.39, 0.29) is 11.3 Å². The molecule has 4 heteroatoms. The summed E-state index contributed by atoms with van der Waals surface area (Å²) in [6.07, 6.45) is 0. The molecule has 1 amide bonds. The largest absolute Gasteiger partial charge is 0.507 e. The van der Waals surface area contributed by atoms with E-state index in [1.165, 1.54) is 42.3 Å². The predicted octanol–water partition coefficient (Wildman–Crippen LogP) is 2.81. The third-order valence-corrected chi connectivity index (χ3v) is 2.63. The molecule has 0 radical (unpaired) electrons. The van der Waals surface area contributed by atoms with Crippen molar-refractivity contribution in [3.05, 3.63) is 59.9 Å². The molecule has 0 heterocycles. The van der Waals surface area contributed by atoms with E-state index in [2.05, 4.69) is 0 Å². The van der Waals surface area contributed by atoms with Gasteiger partial charge in [0.1, 0.15) is 11.6 Å². The summed E-state index contributed by atoms with van der Waals surface area (Å²) in [5.41, 5.74) is 0.618. The van der Waals surface area contributed by atoms with E-state index in [0.717, 1.165) is 0 Å². The molecule has 0 bridgehead atoms. The molecule has 2 aromatic rings. The first-order chi connectivity index (χ1) is 8.59. The number of phenolic OH excluding ortho intramolecular Hbond substituents is 1. The number of carbonyl (C=O) groups excluding carboxylic acids is 1. The molecule has 92 valence electrons. The van der Waals surface area contributed by atoms with Crippen LogP contribution in [0, 0.1) is 5.82 Å². The van der Waals surface area contributed by atoms with Gasteiger partial charge in [-0.2, -0.15) is 0 Å². The van der Waals surface area contributed by atoms with Crippen molar-refractivity contribution in [1.82, 2.24) is 0 Å².